The quantitative estimate of drug-likeness (QED) is 0.744. The van der Waals surface area contributed by atoms with Crippen LogP contribution in [-0.4, -0.2) is 54.6 Å². The smallest absolute Gasteiger partial charge is 0.258 e. The van der Waals surface area contributed by atoms with Gasteiger partial charge in [-0.3, -0.25) is 9.36 Å². The lowest BCUT2D eigenvalue weighted by Gasteiger charge is -2.32. The van der Waals surface area contributed by atoms with Crippen molar-refractivity contribution in [2.75, 3.05) is 44.2 Å². The average molecular weight is 389 g/mol. The lowest BCUT2D eigenvalue weighted by Crippen LogP contribution is -2.46. The fraction of sp³-hybridized carbons (Fsp3) is 0.375. The van der Waals surface area contributed by atoms with Crippen LogP contribution in [0.4, 0.5) is 5.82 Å². The van der Waals surface area contributed by atoms with Gasteiger partial charge in [-0.15, -0.1) is 0 Å². The van der Waals surface area contributed by atoms with E-state index in [-0.39, 0.29) is 5.91 Å². The molecule has 5 nitrogen and oxygen atoms in total. The minimum atomic E-state index is 0.165. The van der Waals surface area contributed by atoms with Gasteiger partial charge in [-0.2, -0.15) is 0 Å². The zero-order chi connectivity index (χ0) is 19.6. The Morgan fingerprint density at radius 1 is 0.793 bits per heavy atom. The first-order valence-electron chi connectivity index (χ1n) is 10.8. The van der Waals surface area contributed by atoms with E-state index in [9.17, 15) is 4.79 Å². The fourth-order valence-electron chi connectivity index (χ4n) is 4.71. The number of hydrogen-bond donors (Lipinski definition) is 1. The van der Waals surface area contributed by atoms with E-state index in [1.807, 2.05) is 17.0 Å². The number of piperazine rings is 1. The third-order valence-electron chi connectivity index (χ3n) is 6.14. The molecule has 1 N–H and O–H groups in total. The molecule has 0 aliphatic carbocycles. The number of piperidine rings is 1. The molecule has 29 heavy (non-hydrogen) atoms. The lowest BCUT2D eigenvalue weighted by molar-refractivity contribution is 0.0738. The summed E-state index contributed by atoms with van der Waals surface area (Å²) in [5.74, 6) is 1.23. The Labute approximate surface area is 171 Å². The van der Waals surface area contributed by atoms with Crippen LogP contribution in [0.1, 0.15) is 29.6 Å². The molecule has 3 heterocycles. The van der Waals surface area contributed by atoms with Crippen LogP contribution in [0.5, 0.6) is 0 Å². The van der Waals surface area contributed by atoms with Gasteiger partial charge in [0.2, 0.25) is 0 Å². The zero-order valence-corrected chi connectivity index (χ0v) is 16.8. The first-order valence-corrected chi connectivity index (χ1v) is 10.8. The normalized spacial score (nSPS) is 17.7. The van der Waals surface area contributed by atoms with Gasteiger partial charge in [-0.25, -0.2) is 0 Å². The first-order chi connectivity index (χ1) is 14.3. The SMILES string of the molecule is O=C(c1c(N2CCCCC2)n(-c2ccccc2)c2ccccc12)N1CCNCC1. The molecule has 0 atom stereocenters. The molecule has 2 saturated heterocycles. The van der Waals surface area contributed by atoms with E-state index in [0.29, 0.717) is 0 Å². The molecule has 0 spiro atoms. The second kappa shape index (κ2) is 7.91. The summed E-state index contributed by atoms with van der Waals surface area (Å²) in [6, 6.07) is 18.8. The molecule has 5 rings (SSSR count). The van der Waals surface area contributed by atoms with E-state index in [1.54, 1.807) is 0 Å². The summed E-state index contributed by atoms with van der Waals surface area (Å²) in [6.07, 6.45) is 3.62. The molecule has 1 aromatic heterocycles. The number of aromatic nitrogens is 1. The van der Waals surface area contributed by atoms with Crippen LogP contribution in [0.25, 0.3) is 16.6 Å². The predicted octanol–water partition coefficient (Wildman–Crippen LogP) is 3.67. The Morgan fingerprint density at radius 2 is 1.48 bits per heavy atom. The van der Waals surface area contributed by atoms with Crippen molar-refractivity contribution < 1.29 is 4.79 Å². The van der Waals surface area contributed by atoms with Crippen LogP contribution >= 0.6 is 0 Å². The molecule has 0 bridgehead atoms. The van der Waals surface area contributed by atoms with E-state index in [1.165, 1.54) is 19.3 Å². The second-order valence-electron chi connectivity index (χ2n) is 7.98. The van der Waals surface area contributed by atoms with Crippen molar-refractivity contribution in [3.8, 4) is 5.69 Å². The van der Waals surface area contributed by atoms with E-state index >= 15 is 0 Å². The molecule has 0 radical (unpaired) electrons. The minimum absolute atomic E-state index is 0.165. The van der Waals surface area contributed by atoms with Crippen molar-refractivity contribution in [1.82, 2.24) is 14.8 Å². The van der Waals surface area contributed by atoms with Gasteiger partial charge in [0.05, 0.1) is 11.1 Å². The summed E-state index contributed by atoms with van der Waals surface area (Å²) in [7, 11) is 0. The number of nitrogens with zero attached hydrogens (tertiary/aromatic N) is 3. The molecule has 2 aromatic carbocycles. The maximum absolute atomic E-state index is 13.8. The van der Waals surface area contributed by atoms with Crippen molar-refractivity contribution in [3.05, 3.63) is 60.2 Å². The maximum atomic E-state index is 13.8. The van der Waals surface area contributed by atoms with E-state index in [2.05, 4.69) is 57.2 Å². The number of fused-ring (bicyclic) bond motifs is 1. The average Bonchev–Trinajstić information content (AvgIpc) is 3.15. The number of nitrogens with one attached hydrogen (secondary N) is 1. The highest BCUT2D eigenvalue weighted by Crippen LogP contribution is 2.37. The third-order valence-corrected chi connectivity index (χ3v) is 6.14. The van der Waals surface area contributed by atoms with Gasteiger partial charge in [0, 0.05) is 50.3 Å². The summed E-state index contributed by atoms with van der Waals surface area (Å²) >= 11 is 0. The van der Waals surface area contributed by atoms with Crippen LogP contribution < -0.4 is 10.2 Å². The second-order valence-corrected chi connectivity index (χ2v) is 7.98. The molecule has 1 amide bonds. The van der Waals surface area contributed by atoms with Crippen LogP contribution in [0.2, 0.25) is 0 Å². The van der Waals surface area contributed by atoms with Crippen molar-refractivity contribution in [2.45, 2.75) is 19.3 Å². The zero-order valence-electron chi connectivity index (χ0n) is 16.8. The molecule has 2 fully saturated rings. The molecule has 3 aromatic rings. The van der Waals surface area contributed by atoms with Crippen LogP contribution in [-0.2, 0) is 0 Å². The number of benzene rings is 2. The molecule has 2 aliphatic rings. The highest BCUT2D eigenvalue weighted by molar-refractivity contribution is 6.13. The molecule has 150 valence electrons. The summed E-state index contributed by atoms with van der Waals surface area (Å²) in [6.45, 7) is 5.27. The van der Waals surface area contributed by atoms with Gasteiger partial charge in [-0.1, -0.05) is 36.4 Å². The van der Waals surface area contributed by atoms with Crippen LogP contribution in [0.3, 0.4) is 0 Å². The van der Waals surface area contributed by atoms with Crippen molar-refractivity contribution >= 4 is 22.6 Å². The summed E-state index contributed by atoms with van der Waals surface area (Å²) in [5.41, 5.74) is 3.09. The number of anilines is 1. The Kier molecular flexibility index (Phi) is 4.98. The largest absolute Gasteiger partial charge is 0.357 e. The Bertz CT molecular complexity index is 998. The van der Waals surface area contributed by atoms with E-state index in [4.69, 9.17) is 0 Å². The predicted molar refractivity (Wildman–Crippen MR) is 118 cm³/mol. The van der Waals surface area contributed by atoms with Gasteiger partial charge in [0.15, 0.2) is 0 Å². The third kappa shape index (κ3) is 3.29. The highest BCUT2D eigenvalue weighted by Gasteiger charge is 2.30. The topological polar surface area (TPSA) is 40.5 Å². The van der Waals surface area contributed by atoms with Gasteiger partial charge in [0.1, 0.15) is 5.82 Å². The number of carbonyl (C=O) groups is 1. The van der Waals surface area contributed by atoms with Gasteiger partial charge in [-0.05, 0) is 37.5 Å². The Hall–Kier alpha value is -2.79. The van der Waals surface area contributed by atoms with Gasteiger partial charge in [0.25, 0.3) is 5.91 Å². The minimum Gasteiger partial charge on any atom is -0.357 e. The van der Waals surface area contributed by atoms with Gasteiger partial charge < -0.3 is 15.1 Å². The van der Waals surface area contributed by atoms with Gasteiger partial charge >= 0.3 is 0 Å². The fourth-order valence-corrected chi connectivity index (χ4v) is 4.71. The molecule has 0 saturated carbocycles. The summed E-state index contributed by atoms with van der Waals surface area (Å²) < 4.78 is 2.30. The monoisotopic (exact) mass is 388 g/mol. The maximum Gasteiger partial charge on any atom is 0.258 e. The van der Waals surface area contributed by atoms with Crippen molar-refractivity contribution in [2.24, 2.45) is 0 Å². The number of hydrogen-bond acceptors (Lipinski definition) is 3. The summed E-state index contributed by atoms with van der Waals surface area (Å²) in [4.78, 5) is 18.2. The number of carbonyl (C=O) groups excluding carboxylic acids is 1. The molecular formula is C24H28N4O. The van der Waals surface area contributed by atoms with E-state index < -0.39 is 0 Å². The molecular weight excluding hydrogens is 360 g/mol. The number of para-hydroxylation sites is 2. The van der Waals surface area contributed by atoms with Crippen LogP contribution in [0, 0.1) is 0 Å². The molecule has 2 aliphatic heterocycles. The first kappa shape index (κ1) is 18.3. The summed E-state index contributed by atoms with van der Waals surface area (Å²) in [5, 5.41) is 4.41. The molecule has 5 heteroatoms. The molecule has 0 unspecified atom stereocenters. The standard InChI is InChI=1S/C24H28N4O/c29-24(27-17-13-25-14-18-27)22-20-11-5-6-12-21(20)28(19-9-3-1-4-10-19)23(22)26-15-7-2-8-16-26/h1,3-6,9-12,25H,2,7-8,13-18H2. The Morgan fingerprint density at radius 3 is 2.24 bits per heavy atom. The van der Waals surface area contributed by atoms with Crippen molar-refractivity contribution in [1.29, 1.82) is 0 Å². The van der Waals surface area contributed by atoms with Crippen LogP contribution in [0.15, 0.2) is 54.6 Å². The number of rotatable bonds is 3. The highest BCUT2D eigenvalue weighted by atomic mass is 16.2. The van der Waals surface area contributed by atoms with Crippen molar-refractivity contribution in [3.63, 3.8) is 0 Å². The van der Waals surface area contributed by atoms with E-state index in [0.717, 1.165) is 67.2 Å². The Balaban J connectivity index is 1.75. The number of amides is 1. The lowest BCUT2D eigenvalue weighted by atomic mass is 10.1.